The van der Waals surface area contributed by atoms with Crippen LogP contribution in [0.4, 0.5) is 8.78 Å². The lowest BCUT2D eigenvalue weighted by Crippen LogP contribution is -2.25. The van der Waals surface area contributed by atoms with Crippen molar-refractivity contribution in [2.45, 2.75) is 13.0 Å². The second-order valence-corrected chi connectivity index (χ2v) is 4.72. The lowest BCUT2D eigenvalue weighted by molar-refractivity contribution is -0.0498. The predicted molar refractivity (Wildman–Crippen MR) is 82.1 cm³/mol. The van der Waals surface area contributed by atoms with Crippen molar-refractivity contribution in [3.8, 4) is 11.5 Å². The maximum atomic E-state index is 12.2. The Balaban J connectivity index is 1.92. The second kappa shape index (κ2) is 8.12. The Morgan fingerprint density at radius 3 is 2.70 bits per heavy atom. The smallest absolute Gasteiger partial charge is 0.387 e. The first kappa shape index (κ1) is 16.7. The van der Waals surface area contributed by atoms with Gasteiger partial charge in [-0.1, -0.05) is 24.3 Å². The van der Waals surface area contributed by atoms with E-state index < -0.39 is 6.61 Å². The highest BCUT2D eigenvalue weighted by Crippen LogP contribution is 2.18. The van der Waals surface area contributed by atoms with Crippen LogP contribution in [0.2, 0.25) is 0 Å². The van der Waals surface area contributed by atoms with Gasteiger partial charge in [0.2, 0.25) is 0 Å². The molecule has 4 nitrogen and oxygen atoms in total. The van der Waals surface area contributed by atoms with Crippen LogP contribution < -0.4 is 14.8 Å². The van der Waals surface area contributed by atoms with Crippen LogP contribution in [0.5, 0.6) is 11.5 Å². The molecule has 0 aliphatic heterocycles. The molecule has 2 aromatic rings. The number of benzene rings is 2. The molecule has 0 atom stereocenters. The average Bonchev–Trinajstić information content (AvgIpc) is 2.55. The number of ether oxygens (including phenoxy) is 2. The van der Waals surface area contributed by atoms with Crippen LogP contribution in [-0.2, 0) is 6.42 Å². The Hall–Kier alpha value is -2.63. The molecule has 1 amide bonds. The summed E-state index contributed by atoms with van der Waals surface area (Å²) in [6.45, 7) is -2.52. The van der Waals surface area contributed by atoms with Crippen LogP contribution in [-0.4, -0.2) is 26.2 Å². The Morgan fingerprint density at radius 2 is 1.96 bits per heavy atom. The molecule has 0 heterocycles. The maximum Gasteiger partial charge on any atom is 0.387 e. The van der Waals surface area contributed by atoms with Gasteiger partial charge in [0, 0.05) is 12.1 Å². The summed E-state index contributed by atoms with van der Waals surface area (Å²) < 4.78 is 33.9. The number of carbonyl (C=O) groups excluding carboxylic acids is 1. The molecule has 2 rings (SSSR count). The first-order chi connectivity index (χ1) is 11.1. The summed E-state index contributed by atoms with van der Waals surface area (Å²) in [5.41, 5.74) is 1.24. The highest BCUT2D eigenvalue weighted by atomic mass is 19.3. The number of methoxy groups -OCH3 is 1. The van der Waals surface area contributed by atoms with Crippen molar-refractivity contribution < 1.29 is 23.0 Å². The number of amides is 1. The van der Waals surface area contributed by atoms with E-state index in [2.05, 4.69) is 10.1 Å². The summed E-state index contributed by atoms with van der Waals surface area (Å²) in [6, 6.07) is 13.2. The van der Waals surface area contributed by atoms with E-state index in [1.54, 1.807) is 7.11 Å². The molecule has 122 valence electrons. The zero-order valence-corrected chi connectivity index (χ0v) is 12.6. The van der Waals surface area contributed by atoms with Gasteiger partial charge in [0.15, 0.2) is 0 Å². The Kier molecular flexibility index (Phi) is 5.91. The summed E-state index contributed by atoms with van der Waals surface area (Å²) in [7, 11) is 1.59. The highest BCUT2D eigenvalue weighted by Gasteiger charge is 2.09. The molecule has 2 aromatic carbocycles. The fourth-order valence-corrected chi connectivity index (χ4v) is 2.14. The van der Waals surface area contributed by atoms with Gasteiger partial charge in [-0.3, -0.25) is 4.79 Å². The molecule has 23 heavy (non-hydrogen) atoms. The molecule has 0 bridgehead atoms. The number of alkyl halides is 2. The molecule has 0 saturated heterocycles. The van der Waals surface area contributed by atoms with Crippen LogP contribution in [0.1, 0.15) is 15.9 Å². The van der Waals surface area contributed by atoms with Crippen LogP contribution in [0.25, 0.3) is 0 Å². The SMILES string of the molecule is COc1ccccc1CCNC(=O)c1cccc(OC(F)F)c1. The quantitative estimate of drug-likeness (QED) is 0.851. The zero-order chi connectivity index (χ0) is 16.7. The second-order valence-electron chi connectivity index (χ2n) is 4.72. The van der Waals surface area contributed by atoms with E-state index in [-0.39, 0.29) is 17.2 Å². The van der Waals surface area contributed by atoms with E-state index in [0.717, 1.165) is 11.3 Å². The molecule has 0 fully saturated rings. The van der Waals surface area contributed by atoms with Crippen molar-refractivity contribution in [2.75, 3.05) is 13.7 Å². The van der Waals surface area contributed by atoms with Crippen LogP contribution in [0.15, 0.2) is 48.5 Å². The largest absolute Gasteiger partial charge is 0.496 e. The fraction of sp³-hybridized carbons (Fsp3) is 0.235. The lowest BCUT2D eigenvalue weighted by Gasteiger charge is -2.10. The van der Waals surface area contributed by atoms with Crippen molar-refractivity contribution in [1.29, 1.82) is 0 Å². The predicted octanol–water partition coefficient (Wildman–Crippen LogP) is 3.27. The van der Waals surface area contributed by atoms with Gasteiger partial charge < -0.3 is 14.8 Å². The minimum Gasteiger partial charge on any atom is -0.496 e. The van der Waals surface area contributed by atoms with Gasteiger partial charge in [-0.15, -0.1) is 0 Å². The van der Waals surface area contributed by atoms with Gasteiger partial charge >= 0.3 is 6.61 Å². The van der Waals surface area contributed by atoms with E-state index >= 15 is 0 Å². The van der Waals surface area contributed by atoms with E-state index in [1.807, 2.05) is 24.3 Å². The standard InChI is InChI=1S/C17H17F2NO3/c1-22-15-8-3-2-5-12(15)9-10-20-16(21)13-6-4-7-14(11-13)23-17(18)19/h2-8,11,17H,9-10H2,1H3,(H,20,21). The van der Waals surface area contributed by atoms with E-state index in [1.165, 1.54) is 24.3 Å². The molecule has 0 aliphatic rings. The number of nitrogens with one attached hydrogen (secondary N) is 1. The molecule has 0 spiro atoms. The third-order valence-electron chi connectivity index (χ3n) is 3.19. The monoisotopic (exact) mass is 321 g/mol. The van der Waals surface area contributed by atoms with Gasteiger partial charge in [-0.25, -0.2) is 0 Å². The number of carbonyl (C=O) groups is 1. The van der Waals surface area contributed by atoms with Crippen LogP contribution >= 0.6 is 0 Å². The van der Waals surface area contributed by atoms with Gasteiger partial charge in [-0.05, 0) is 36.2 Å². The first-order valence-electron chi connectivity index (χ1n) is 7.05. The Bertz CT molecular complexity index is 662. The molecule has 0 aromatic heterocycles. The number of hydrogen-bond donors (Lipinski definition) is 1. The third kappa shape index (κ3) is 4.95. The summed E-state index contributed by atoms with van der Waals surface area (Å²) in [5, 5.41) is 2.74. The van der Waals surface area contributed by atoms with Gasteiger partial charge in [0.25, 0.3) is 5.91 Å². The minimum absolute atomic E-state index is 0.0441. The number of rotatable bonds is 7. The first-order valence-corrected chi connectivity index (χ1v) is 7.05. The number of para-hydroxylation sites is 1. The normalized spacial score (nSPS) is 10.4. The number of hydrogen-bond acceptors (Lipinski definition) is 3. The van der Waals surface area contributed by atoms with E-state index in [4.69, 9.17) is 4.74 Å². The van der Waals surface area contributed by atoms with Crippen LogP contribution in [0, 0.1) is 0 Å². The van der Waals surface area contributed by atoms with Gasteiger partial charge in [0.05, 0.1) is 7.11 Å². The Labute approximate surface area is 133 Å². The molecule has 0 unspecified atom stereocenters. The molecule has 1 N–H and O–H groups in total. The molecule has 0 radical (unpaired) electrons. The molecule has 6 heteroatoms. The molecule has 0 aliphatic carbocycles. The topological polar surface area (TPSA) is 47.6 Å². The zero-order valence-electron chi connectivity index (χ0n) is 12.6. The lowest BCUT2D eigenvalue weighted by atomic mass is 10.1. The highest BCUT2D eigenvalue weighted by molar-refractivity contribution is 5.94. The molecular weight excluding hydrogens is 304 g/mol. The summed E-state index contributed by atoms with van der Waals surface area (Å²) in [4.78, 5) is 12.0. The maximum absolute atomic E-state index is 12.2. The van der Waals surface area contributed by atoms with Crippen molar-refractivity contribution in [3.63, 3.8) is 0 Å². The van der Waals surface area contributed by atoms with Crippen molar-refractivity contribution in [2.24, 2.45) is 0 Å². The van der Waals surface area contributed by atoms with E-state index in [9.17, 15) is 13.6 Å². The van der Waals surface area contributed by atoms with Crippen molar-refractivity contribution in [1.82, 2.24) is 5.32 Å². The third-order valence-corrected chi connectivity index (χ3v) is 3.19. The van der Waals surface area contributed by atoms with Crippen molar-refractivity contribution in [3.05, 3.63) is 59.7 Å². The summed E-state index contributed by atoms with van der Waals surface area (Å²) >= 11 is 0. The fourth-order valence-electron chi connectivity index (χ4n) is 2.14. The number of halogens is 2. The molecular formula is C17H17F2NO3. The van der Waals surface area contributed by atoms with Crippen molar-refractivity contribution >= 4 is 5.91 Å². The molecule has 0 saturated carbocycles. The van der Waals surface area contributed by atoms with Gasteiger partial charge in [0.1, 0.15) is 11.5 Å². The Morgan fingerprint density at radius 1 is 1.17 bits per heavy atom. The van der Waals surface area contributed by atoms with Gasteiger partial charge in [-0.2, -0.15) is 8.78 Å². The minimum atomic E-state index is -2.92. The van der Waals surface area contributed by atoms with E-state index in [0.29, 0.717) is 13.0 Å². The average molecular weight is 321 g/mol. The summed E-state index contributed by atoms with van der Waals surface area (Å²) in [5.74, 6) is 0.367. The van der Waals surface area contributed by atoms with Crippen LogP contribution in [0.3, 0.4) is 0 Å². The summed E-state index contributed by atoms with van der Waals surface area (Å²) in [6.07, 6.45) is 0.600.